The lowest BCUT2D eigenvalue weighted by molar-refractivity contribution is 0.451. The van der Waals surface area contributed by atoms with Crippen LogP contribution in [0.1, 0.15) is 29.9 Å². The largest absolute Gasteiger partial charge is 0.507 e. The van der Waals surface area contributed by atoms with Crippen molar-refractivity contribution in [2.45, 2.75) is 34.3 Å². The third-order valence-electron chi connectivity index (χ3n) is 4.23. The number of aromatic hydroxyl groups is 2. The smallest absolute Gasteiger partial charge is 0.186 e. The van der Waals surface area contributed by atoms with E-state index in [0.717, 1.165) is 19.1 Å². The normalized spacial score (nSPS) is 15.2. The zero-order chi connectivity index (χ0) is 19.3. The Labute approximate surface area is 160 Å². The third kappa shape index (κ3) is 3.89. The summed E-state index contributed by atoms with van der Waals surface area (Å²) in [6.45, 7) is 0. The Hall–Kier alpha value is -1.58. The van der Waals surface area contributed by atoms with Crippen molar-refractivity contribution >= 4 is 35.6 Å². The first-order chi connectivity index (χ1) is 12.0. The van der Waals surface area contributed by atoms with Gasteiger partial charge in [0.2, 0.25) is 0 Å². The van der Waals surface area contributed by atoms with Gasteiger partial charge in [0.1, 0.15) is 21.3 Å². The molecule has 140 valence electrons. The van der Waals surface area contributed by atoms with Crippen LogP contribution in [0.4, 0.5) is 0 Å². The highest BCUT2D eigenvalue weighted by atomic mass is 79.9. The van der Waals surface area contributed by atoms with Gasteiger partial charge in [0.05, 0.1) is 5.75 Å². The minimum absolute atomic E-state index is 0.00852. The molecule has 2 aromatic rings. The molecule has 26 heavy (non-hydrogen) atoms. The van der Waals surface area contributed by atoms with Crippen LogP contribution in [-0.4, -0.2) is 33.3 Å². The number of rotatable bonds is 5. The van der Waals surface area contributed by atoms with E-state index in [0.29, 0.717) is 10.0 Å². The molecule has 1 aliphatic rings. The second-order valence-corrected chi connectivity index (χ2v) is 11.3. The Morgan fingerprint density at radius 3 is 2.27 bits per heavy atom. The molecule has 3 rings (SSSR count). The summed E-state index contributed by atoms with van der Waals surface area (Å²) in [6, 6.07) is 6.97. The Balaban J connectivity index is 2.12. The number of phenolic OH excluding ortho intramolecular Hbond substituents is 2. The number of hydrogen-bond donors (Lipinski definition) is 2. The van der Waals surface area contributed by atoms with E-state index in [2.05, 4.69) is 15.9 Å². The second kappa shape index (κ2) is 6.54. The van der Waals surface area contributed by atoms with E-state index >= 15 is 0 Å². The van der Waals surface area contributed by atoms with Gasteiger partial charge in [0, 0.05) is 16.3 Å². The summed E-state index contributed by atoms with van der Waals surface area (Å²) in [7, 11) is -7.73. The molecule has 2 N–H and O–H groups in total. The summed E-state index contributed by atoms with van der Waals surface area (Å²) >= 11 is 3.16. The summed E-state index contributed by atoms with van der Waals surface area (Å²) in [6.07, 6.45) is 2.76. The Morgan fingerprint density at radius 2 is 1.69 bits per heavy atom. The molecule has 1 fully saturated rings. The van der Waals surface area contributed by atoms with Crippen molar-refractivity contribution in [1.29, 1.82) is 0 Å². The van der Waals surface area contributed by atoms with Crippen molar-refractivity contribution in [3.63, 3.8) is 0 Å². The quantitative estimate of drug-likeness (QED) is 0.709. The molecule has 0 bridgehead atoms. The molecule has 9 heteroatoms. The van der Waals surface area contributed by atoms with Crippen LogP contribution in [0.3, 0.4) is 0 Å². The van der Waals surface area contributed by atoms with Crippen molar-refractivity contribution in [1.82, 2.24) is 0 Å². The third-order valence-corrected chi connectivity index (χ3v) is 7.52. The Morgan fingerprint density at radius 1 is 1.04 bits per heavy atom. The van der Waals surface area contributed by atoms with Gasteiger partial charge in [-0.05, 0) is 48.6 Å². The molecule has 2 aromatic carbocycles. The van der Waals surface area contributed by atoms with E-state index in [-0.39, 0.29) is 21.3 Å². The Kier molecular flexibility index (Phi) is 4.83. The van der Waals surface area contributed by atoms with Crippen LogP contribution < -0.4 is 0 Å². The van der Waals surface area contributed by atoms with Gasteiger partial charge >= 0.3 is 0 Å². The highest BCUT2D eigenvalue weighted by Crippen LogP contribution is 2.44. The summed E-state index contributed by atoms with van der Waals surface area (Å²) in [5, 5.41) is 20.3. The SMILES string of the molecule is CS(=O)(=O)c1cc(C2CC2)cc(CS(=O)(=O)c2cc(Br)ccc2O)c1O. The summed E-state index contributed by atoms with van der Waals surface area (Å²) in [5.74, 6) is -1.41. The zero-order valence-electron chi connectivity index (χ0n) is 13.8. The molecule has 0 unspecified atom stereocenters. The van der Waals surface area contributed by atoms with Crippen LogP contribution in [0.2, 0.25) is 0 Å². The lowest BCUT2D eigenvalue weighted by atomic mass is 10.1. The molecule has 0 aliphatic heterocycles. The average molecular weight is 461 g/mol. The van der Waals surface area contributed by atoms with Gasteiger partial charge in [0.15, 0.2) is 19.7 Å². The number of hydrogen-bond acceptors (Lipinski definition) is 6. The van der Waals surface area contributed by atoms with Gasteiger partial charge in [-0.2, -0.15) is 0 Å². The summed E-state index contributed by atoms with van der Waals surface area (Å²) in [5.41, 5.74) is 0.709. The van der Waals surface area contributed by atoms with Crippen LogP contribution in [0.25, 0.3) is 0 Å². The first-order valence-electron chi connectivity index (χ1n) is 7.76. The minimum atomic E-state index is -4.01. The fraction of sp³-hybridized carbons (Fsp3) is 0.294. The topological polar surface area (TPSA) is 109 Å². The zero-order valence-corrected chi connectivity index (χ0v) is 17.0. The monoisotopic (exact) mass is 460 g/mol. The lowest BCUT2D eigenvalue weighted by Gasteiger charge is -2.13. The molecule has 0 radical (unpaired) electrons. The van der Waals surface area contributed by atoms with E-state index in [1.54, 1.807) is 0 Å². The van der Waals surface area contributed by atoms with Crippen molar-refractivity contribution in [3.8, 4) is 11.5 Å². The standard InChI is InChI=1S/C17H17BrO6S2/c1-25(21,22)16-7-11(10-2-3-10)6-12(17(16)20)9-26(23,24)15-8-13(18)4-5-14(15)19/h4-8,10,19-20H,2-3,9H2,1H3. The van der Waals surface area contributed by atoms with E-state index < -0.39 is 36.9 Å². The summed E-state index contributed by atoms with van der Waals surface area (Å²) in [4.78, 5) is -0.561. The molecular weight excluding hydrogens is 444 g/mol. The predicted octanol–water partition coefficient (Wildman–Crippen LogP) is 3.12. The summed E-state index contributed by atoms with van der Waals surface area (Å²) < 4.78 is 49.9. The molecule has 0 aromatic heterocycles. The average Bonchev–Trinajstić information content (AvgIpc) is 3.35. The molecule has 0 heterocycles. The molecule has 0 amide bonds. The number of benzene rings is 2. The highest BCUT2D eigenvalue weighted by molar-refractivity contribution is 9.10. The molecule has 0 atom stereocenters. The maximum atomic E-state index is 12.7. The Bertz CT molecular complexity index is 1090. The van der Waals surface area contributed by atoms with Crippen LogP contribution in [-0.2, 0) is 25.4 Å². The first kappa shape index (κ1) is 19.2. The first-order valence-corrected chi connectivity index (χ1v) is 12.1. The van der Waals surface area contributed by atoms with Crippen molar-refractivity contribution in [3.05, 3.63) is 45.9 Å². The van der Waals surface area contributed by atoms with Gasteiger partial charge in [-0.15, -0.1) is 0 Å². The van der Waals surface area contributed by atoms with Gasteiger partial charge in [-0.1, -0.05) is 22.0 Å². The number of halogens is 1. The molecule has 6 nitrogen and oxygen atoms in total. The molecule has 0 saturated heterocycles. The number of phenols is 2. The van der Waals surface area contributed by atoms with Gasteiger partial charge in [-0.3, -0.25) is 0 Å². The highest BCUT2D eigenvalue weighted by Gasteiger charge is 2.30. The predicted molar refractivity (Wildman–Crippen MR) is 99.9 cm³/mol. The molecule has 1 saturated carbocycles. The molecular formula is C17H17BrO6S2. The minimum Gasteiger partial charge on any atom is -0.507 e. The van der Waals surface area contributed by atoms with Crippen molar-refractivity contribution < 1.29 is 27.0 Å². The van der Waals surface area contributed by atoms with Gasteiger partial charge in [0.25, 0.3) is 0 Å². The molecule has 0 spiro atoms. The van der Waals surface area contributed by atoms with Crippen LogP contribution in [0.15, 0.2) is 44.6 Å². The van der Waals surface area contributed by atoms with Crippen molar-refractivity contribution in [2.75, 3.05) is 6.26 Å². The van der Waals surface area contributed by atoms with Crippen LogP contribution >= 0.6 is 15.9 Å². The second-order valence-electron chi connectivity index (χ2n) is 6.44. The fourth-order valence-electron chi connectivity index (χ4n) is 2.75. The maximum Gasteiger partial charge on any atom is 0.186 e. The maximum absolute atomic E-state index is 12.7. The van der Waals surface area contributed by atoms with Gasteiger partial charge < -0.3 is 10.2 Å². The van der Waals surface area contributed by atoms with E-state index in [1.165, 1.54) is 30.3 Å². The van der Waals surface area contributed by atoms with Crippen molar-refractivity contribution in [2.24, 2.45) is 0 Å². The fourth-order valence-corrected chi connectivity index (χ4v) is 5.58. The van der Waals surface area contributed by atoms with Crippen LogP contribution in [0, 0.1) is 0 Å². The van der Waals surface area contributed by atoms with E-state index in [1.807, 2.05) is 0 Å². The van der Waals surface area contributed by atoms with Crippen LogP contribution in [0.5, 0.6) is 11.5 Å². The number of sulfone groups is 2. The van der Waals surface area contributed by atoms with E-state index in [9.17, 15) is 27.0 Å². The van der Waals surface area contributed by atoms with E-state index in [4.69, 9.17) is 0 Å². The van der Waals surface area contributed by atoms with Gasteiger partial charge in [-0.25, -0.2) is 16.8 Å². The lowest BCUT2D eigenvalue weighted by Crippen LogP contribution is -2.08. The molecule has 1 aliphatic carbocycles.